The molecule has 0 aliphatic heterocycles. The second-order valence-electron chi connectivity index (χ2n) is 8.19. The Balaban J connectivity index is 2.38. The number of rotatable bonds is 7. The van der Waals surface area contributed by atoms with Crippen LogP contribution in [0.3, 0.4) is 0 Å². The van der Waals surface area contributed by atoms with E-state index in [1.54, 1.807) is 0 Å². The smallest absolute Gasteiger partial charge is 0.121 e. The normalized spacial score (nSPS) is 11.6. The maximum atomic E-state index is 10.7. The van der Waals surface area contributed by atoms with Gasteiger partial charge < -0.3 is 10.2 Å². The van der Waals surface area contributed by atoms with Crippen LogP contribution in [0, 0.1) is 0 Å². The number of benzene rings is 3. The van der Waals surface area contributed by atoms with Gasteiger partial charge in [0.2, 0.25) is 0 Å². The molecule has 0 heterocycles. The van der Waals surface area contributed by atoms with Crippen LogP contribution in [0.1, 0.15) is 73.6 Å². The molecule has 158 valence electrons. The van der Waals surface area contributed by atoms with Crippen molar-refractivity contribution in [3.63, 3.8) is 0 Å². The number of aryl methyl sites for hydroxylation is 4. The summed E-state index contributed by atoms with van der Waals surface area (Å²) in [5, 5.41) is 21.4. The average Bonchev–Trinajstić information content (AvgIpc) is 2.79. The Morgan fingerprint density at radius 3 is 1.20 bits per heavy atom. The lowest BCUT2D eigenvalue weighted by molar-refractivity contribution is 0.460. The van der Waals surface area contributed by atoms with E-state index in [-0.39, 0.29) is 0 Å². The Labute approximate surface area is 181 Å². The predicted molar refractivity (Wildman–Crippen MR) is 126 cm³/mol. The summed E-state index contributed by atoms with van der Waals surface area (Å²) in [4.78, 5) is 0. The molecule has 0 radical (unpaired) electrons. The lowest BCUT2D eigenvalue weighted by Crippen LogP contribution is -2.26. The van der Waals surface area contributed by atoms with E-state index in [0.29, 0.717) is 11.5 Å². The number of hydrogen-bond donors (Lipinski definition) is 2. The first kappa shape index (κ1) is 22.0. The van der Waals surface area contributed by atoms with Gasteiger partial charge >= 0.3 is 0 Å². The van der Waals surface area contributed by atoms with Crippen molar-refractivity contribution in [2.24, 2.45) is 0 Å². The molecule has 0 bridgehead atoms. The monoisotopic (exact) mass is 402 g/mol. The second kappa shape index (κ2) is 8.95. The molecule has 2 nitrogen and oxygen atoms in total. The fourth-order valence-electron chi connectivity index (χ4n) is 4.45. The van der Waals surface area contributed by atoms with E-state index in [0.717, 1.165) is 47.9 Å². The molecule has 2 heteroatoms. The van der Waals surface area contributed by atoms with Gasteiger partial charge in [-0.15, -0.1) is 0 Å². The van der Waals surface area contributed by atoms with Crippen LogP contribution in [-0.2, 0) is 31.1 Å². The molecular weight excluding hydrogens is 368 g/mol. The Hall–Kier alpha value is -2.74. The first-order valence-corrected chi connectivity index (χ1v) is 11.2. The number of hydrogen-bond acceptors (Lipinski definition) is 2. The molecule has 0 aliphatic carbocycles. The topological polar surface area (TPSA) is 40.5 Å². The molecule has 3 aromatic rings. The summed E-state index contributed by atoms with van der Waals surface area (Å²) in [6.45, 7) is 10.6. The molecule has 2 N–H and O–H groups in total. The highest BCUT2D eigenvalue weighted by atomic mass is 16.3. The number of phenolic OH excluding ortho intramolecular Hbond substituents is 2. The molecule has 3 rings (SSSR count). The molecule has 0 saturated carbocycles. The van der Waals surface area contributed by atoms with Crippen molar-refractivity contribution >= 4 is 0 Å². The summed E-state index contributed by atoms with van der Waals surface area (Å²) in [6, 6.07) is 19.2. The van der Waals surface area contributed by atoms with Gasteiger partial charge in [0.05, 0.1) is 0 Å². The summed E-state index contributed by atoms with van der Waals surface area (Å²) < 4.78 is 0. The molecule has 0 fully saturated rings. The Morgan fingerprint density at radius 1 is 0.567 bits per heavy atom. The Bertz CT molecular complexity index is 907. The van der Waals surface area contributed by atoms with E-state index in [2.05, 4.69) is 83.1 Å². The maximum absolute atomic E-state index is 10.7. The third-order valence-electron chi connectivity index (χ3n) is 6.57. The average molecular weight is 403 g/mol. The van der Waals surface area contributed by atoms with Gasteiger partial charge in [-0.1, -0.05) is 82.3 Å². The van der Waals surface area contributed by atoms with E-state index >= 15 is 0 Å². The van der Waals surface area contributed by atoms with Crippen molar-refractivity contribution in [1.29, 1.82) is 0 Å². The minimum Gasteiger partial charge on any atom is -0.507 e. The van der Waals surface area contributed by atoms with Gasteiger partial charge in [-0.3, -0.25) is 0 Å². The maximum Gasteiger partial charge on any atom is 0.121 e. The van der Waals surface area contributed by atoms with Gasteiger partial charge in [0.15, 0.2) is 0 Å². The molecule has 0 saturated heterocycles. The van der Waals surface area contributed by atoms with Gasteiger partial charge in [-0.05, 0) is 71.6 Å². The van der Waals surface area contributed by atoms with Crippen LogP contribution in [0.25, 0.3) is 0 Å². The Morgan fingerprint density at radius 2 is 0.900 bits per heavy atom. The molecule has 0 atom stereocenters. The summed E-state index contributed by atoms with van der Waals surface area (Å²) in [7, 11) is 0. The lowest BCUT2D eigenvalue weighted by Gasteiger charge is -2.34. The molecule has 0 amide bonds. The highest BCUT2D eigenvalue weighted by molar-refractivity contribution is 5.57. The van der Waals surface area contributed by atoms with Crippen molar-refractivity contribution in [3.8, 4) is 11.5 Å². The minimum absolute atomic E-state index is 0.398. The van der Waals surface area contributed by atoms with Crippen LogP contribution < -0.4 is 0 Å². The van der Waals surface area contributed by atoms with E-state index in [9.17, 15) is 10.2 Å². The molecule has 3 aromatic carbocycles. The van der Waals surface area contributed by atoms with Crippen molar-refractivity contribution in [1.82, 2.24) is 0 Å². The fraction of sp³-hybridized carbons (Fsp3) is 0.357. The van der Waals surface area contributed by atoms with Crippen LogP contribution in [0.5, 0.6) is 11.5 Å². The number of phenols is 2. The number of aromatic hydroxyl groups is 2. The standard InChI is InChI=1S/C28H34O2/c1-6-19-15-24(16-20(7-2)26(19)29)28(5,23-13-11-10-12-14-23)25-17-21(8-3)27(30)22(9-4)18-25/h10-18,29-30H,6-9H2,1-5H3. The van der Waals surface area contributed by atoms with E-state index in [1.807, 2.05) is 6.07 Å². The van der Waals surface area contributed by atoms with Crippen molar-refractivity contribution in [2.45, 2.75) is 65.7 Å². The zero-order valence-electron chi connectivity index (χ0n) is 18.9. The van der Waals surface area contributed by atoms with Crippen LogP contribution in [-0.4, -0.2) is 10.2 Å². The first-order chi connectivity index (χ1) is 14.4. The fourth-order valence-corrected chi connectivity index (χ4v) is 4.45. The van der Waals surface area contributed by atoms with Crippen molar-refractivity contribution < 1.29 is 10.2 Å². The largest absolute Gasteiger partial charge is 0.507 e. The van der Waals surface area contributed by atoms with Gasteiger partial charge in [0, 0.05) is 5.41 Å². The van der Waals surface area contributed by atoms with Crippen LogP contribution >= 0.6 is 0 Å². The lowest BCUT2D eigenvalue weighted by atomic mass is 9.69. The predicted octanol–water partition coefficient (Wildman–Crippen LogP) is 6.70. The van der Waals surface area contributed by atoms with Crippen LogP contribution in [0.15, 0.2) is 54.6 Å². The molecule has 30 heavy (non-hydrogen) atoms. The molecule has 0 aromatic heterocycles. The van der Waals surface area contributed by atoms with Gasteiger partial charge in [-0.2, -0.15) is 0 Å². The summed E-state index contributed by atoms with van der Waals surface area (Å²) in [5.74, 6) is 0.849. The minimum atomic E-state index is -0.398. The highest BCUT2D eigenvalue weighted by Crippen LogP contribution is 2.43. The summed E-state index contributed by atoms with van der Waals surface area (Å²) in [6.07, 6.45) is 3.14. The zero-order valence-corrected chi connectivity index (χ0v) is 18.9. The summed E-state index contributed by atoms with van der Waals surface area (Å²) in [5.41, 5.74) is 7.09. The third kappa shape index (κ3) is 3.71. The van der Waals surface area contributed by atoms with Crippen molar-refractivity contribution in [2.75, 3.05) is 0 Å². The van der Waals surface area contributed by atoms with Gasteiger partial charge in [0.1, 0.15) is 11.5 Å². The molecule has 0 unspecified atom stereocenters. The van der Waals surface area contributed by atoms with Crippen LogP contribution in [0.2, 0.25) is 0 Å². The van der Waals surface area contributed by atoms with E-state index in [4.69, 9.17) is 0 Å². The summed E-state index contributed by atoms with van der Waals surface area (Å²) >= 11 is 0. The van der Waals surface area contributed by atoms with Crippen molar-refractivity contribution in [3.05, 3.63) is 93.5 Å². The zero-order chi connectivity index (χ0) is 21.9. The SMILES string of the molecule is CCc1cc(C(C)(c2ccccc2)c2cc(CC)c(O)c(CC)c2)cc(CC)c1O. The quantitative estimate of drug-likeness (QED) is 0.432. The highest BCUT2D eigenvalue weighted by Gasteiger charge is 2.33. The van der Waals surface area contributed by atoms with Crippen LogP contribution in [0.4, 0.5) is 0 Å². The van der Waals surface area contributed by atoms with E-state index < -0.39 is 5.41 Å². The third-order valence-corrected chi connectivity index (χ3v) is 6.57. The molecule has 0 spiro atoms. The molecular formula is C28H34O2. The van der Waals surface area contributed by atoms with Gasteiger partial charge in [-0.25, -0.2) is 0 Å². The van der Waals surface area contributed by atoms with E-state index in [1.165, 1.54) is 16.7 Å². The van der Waals surface area contributed by atoms with Gasteiger partial charge in [0.25, 0.3) is 0 Å². The second-order valence-corrected chi connectivity index (χ2v) is 8.19. The molecule has 0 aliphatic rings. The first-order valence-electron chi connectivity index (χ1n) is 11.2. The Kier molecular flexibility index (Phi) is 6.55.